The van der Waals surface area contributed by atoms with Gasteiger partial charge in [-0.3, -0.25) is 12.2 Å². The molecule has 0 fully saturated rings. The van der Waals surface area contributed by atoms with E-state index in [1.807, 2.05) is 0 Å². The average molecular weight is 607 g/mol. The third-order valence-electron chi connectivity index (χ3n) is 4.40. The van der Waals surface area contributed by atoms with E-state index >= 15 is 0 Å². The molecule has 0 aromatic carbocycles. The Hall–Kier alpha value is 0.627. The second-order valence-corrected chi connectivity index (χ2v) is 11.2. The van der Waals surface area contributed by atoms with Gasteiger partial charge in [0, 0.05) is 9.52 Å². The Labute approximate surface area is 210 Å². The minimum absolute atomic E-state index is 0. The fraction of sp³-hybridized carbons (Fsp3) is 0.667. The Morgan fingerprint density at radius 1 is 0.750 bits per heavy atom. The Bertz CT molecular complexity index is 482. The van der Waals surface area contributed by atoms with Gasteiger partial charge in [-0.05, 0) is 10.8 Å². The fourth-order valence-corrected chi connectivity index (χ4v) is 3.03. The molecule has 1 radical (unpaired) electrons. The minimum Gasteiger partial charge on any atom is -1.00 e. The van der Waals surface area contributed by atoms with E-state index < -0.39 is 0 Å². The van der Waals surface area contributed by atoms with Crippen LogP contribution in [0.1, 0.15) is 82.1 Å². The molecule has 0 bridgehead atoms. The van der Waals surface area contributed by atoms with Gasteiger partial charge >= 0.3 is 25.8 Å². The van der Waals surface area contributed by atoms with Gasteiger partial charge in [-0.1, -0.05) is 81.3 Å². The van der Waals surface area contributed by atoms with Crippen LogP contribution in [0.25, 0.3) is 0 Å². The van der Waals surface area contributed by atoms with Gasteiger partial charge in [0.2, 0.25) is 0 Å². The summed E-state index contributed by atoms with van der Waals surface area (Å²) >= 11 is 0. The molecule has 0 heterocycles. The maximum Gasteiger partial charge on any atom is 4.00 e. The van der Waals surface area contributed by atoms with E-state index in [1.165, 1.54) is 34.4 Å². The molecule has 0 N–H and O–H groups in total. The Balaban J connectivity index is -0.000000154. The number of allylic oxidation sites excluding steroid dienone is 8. The van der Waals surface area contributed by atoms with Gasteiger partial charge in [0.25, 0.3) is 0 Å². The van der Waals surface area contributed by atoms with Crippen LogP contribution in [0.3, 0.4) is 0 Å². The van der Waals surface area contributed by atoms with Crippen LogP contribution in [0.5, 0.6) is 0 Å². The molecule has 0 atom stereocenters. The van der Waals surface area contributed by atoms with Crippen molar-refractivity contribution in [3.63, 3.8) is 0 Å². The largest absolute Gasteiger partial charge is 4.00 e. The van der Waals surface area contributed by atoms with E-state index in [-0.39, 0.29) is 50.7 Å². The molecule has 0 saturated heterocycles. The van der Waals surface area contributed by atoms with E-state index in [9.17, 15) is 0 Å². The van der Waals surface area contributed by atoms with Crippen LogP contribution in [0, 0.1) is 23.0 Å². The first-order chi connectivity index (χ1) is 11.4. The summed E-state index contributed by atoms with van der Waals surface area (Å²) in [6.07, 6.45) is 13.2. The Morgan fingerprint density at radius 3 is 1.11 bits per heavy atom. The Morgan fingerprint density at radius 2 is 1.04 bits per heavy atom. The maximum atomic E-state index is 3.30. The quantitative estimate of drug-likeness (QED) is 0.331. The van der Waals surface area contributed by atoms with Crippen LogP contribution in [0.4, 0.5) is 0 Å². The first kappa shape index (κ1) is 36.0. The summed E-state index contributed by atoms with van der Waals surface area (Å²) in [5.41, 5.74) is 6.28. The SMILES string of the molecule is CC1=[C-]CC(C(C)(C)C)=C1.CC1=[C-]CC(C(C)(C)C)=C1.CC[SiH]CC.[Cl-].[Cl-].[Hf+4]. The van der Waals surface area contributed by atoms with Crippen LogP contribution in [-0.2, 0) is 25.8 Å². The molecule has 0 unspecified atom stereocenters. The number of rotatable bonds is 2. The summed E-state index contributed by atoms with van der Waals surface area (Å²) in [5, 5.41) is 0. The van der Waals surface area contributed by atoms with E-state index in [0.717, 1.165) is 22.4 Å². The monoisotopic (exact) mass is 607 g/mol. The summed E-state index contributed by atoms with van der Waals surface area (Å²) < 4.78 is 0. The molecule has 0 spiro atoms. The number of hydrogen-bond acceptors (Lipinski definition) is 0. The van der Waals surface area contributed by atoms with Gasteiger partial charge in [0.15, 0.2) is 0 Å². The molecule has 0 aromatic heterocycles. The van der Waals surface area contributed by atoms with Gasteiger partial charge < -0.3 is 24.8 Å². The molecule has 2 aliphatic rings. The van der Waals surface area contributed by atoms with Crippen molar-refractivity contribution in [1.82, 2.24) is 0 Å². The van der Waals surface area contributed by atoms with Gasteiger partial charge in [-0.15, -0.1) is 12.8 Å². The third-order valence-corrected chi connectivity index (χ3v) is 5.56. The van der Waals surface area contributed by atoms with Gasteiger partial charge in [-0.2, -0.15) is 11.1 Å². The molecule has 159 valence electrons. The summed E-state index contributed by atoms with van der Waals surface area (Å²) in [5.74, 6) is 0. The van der Waals surface area contributed by atoms with Gasteiger partial charge in [0.05, 0.1) is 0 Å². The minimum atomic E-state index is 0. The van der Waals surface area contributed by atoms with Crippen LogP contribution in [-0.4, -0.2) is 9.52 Å². The number of hydrogen-bond donors (Lipinski definition) is 0. The topological polar surface area (TPSA) is 0 Å². The average Bonchev–Trinajstić information content (AvgIpc) is 3.09. The summed E-state index contributed by atoms with van der Waals surface area (Å²) in [7, 11) is 0.815. The molecule has 0 aromatic rings. The van der Waals surface area contributed by atoms with Crippen molar-refractivity contribution in [1.29, 1.82) is 0 Å². The molecule has 28 heavy (non-hydrogen) atoms. The van der Waals surface area contributed by atoms with Crippen molar-refractivity contribution in [2.45, 2.75) is 94.2 Å². The summed E-state index contributed by atoms with van der Waals surface area (Å²) in [4.78, 5) is 0. The normalized spacial score (nSPS) is 14.9. The zero-order valence-corrected chi connectivity index (χ0v) is 26.1. The van der Waals surface area contributed by atoms with Crippen molar-refractivity contribution in [2.24, 2.45) is 10.8 Å². The fourth-order valence-electron chi connectivity index (χ4n) is 2.45. The zero-order valence-electron chi connectivity index (χ0n) is 19.8. The summed E-state index contributed by atoms with van der Waals surface area (Å²) in [6.45, 7) is 22.2. The number of halogens is 2. The van der Waals surface area contributed by atoms with Crippen molar-refractivity contribution < 1.29 is 50.7 Å². The standard InChI is InChI=1S/2C10H15.C4H11Si.2ClH.Hf/c2*1-8-5-6-9(7-8)10(2,3)4;1-3-5-4-2;;;/h2*7H,6H2,1-4H3;5H,3-4H2,1-2H3;2*1H;/q2*-1;;;;+4/p-2. The molecule has 2 rings (SSSR count). The first-order valence-corrected chi connectivity index (χ1v) is 11.4. The first-order valence-electron chi connectivity index (χ1n) is 9.80. The molecule has 0 amide bonds. The third kappa shape index (κ3) is 16.4. The van der Waals surface area contributed by atoms with Crippen molar-refractivity contribution in [2.75, 3.05) is 0 Å². The van der Waals surface area contributed by atoms with Crippen LogP contribution in [0.2, 0.25) is 12.1 Å². The zero-order chi connectivity index (χ0) is 19.7. The van der Waals surface area contributed by atoms with Gasteiger partial charge in [-0.25, -0.2) is 23.3 Å². The smallest absolute Gasteiger partial charge is 1.00 e. The molecular weight excluding hydrogens is 566 g/mol. The summed E-state index contributed by atoms with van der Waals surface area (Å²) in [6, 6.07) is 2.85. The molecule has 0 aliphatic heterocycles. The van der Waals surface area contributed by atoms with Crippen LogP contribution >= 0.6 is 0 Å². The van der Waals surface area contributed by atoms with Gasteiger partial charge in [0.1, 0.15) is 0 Å². The molecule has 0 saturated carbocycles. The molecular formula is C24H41Cl2HfSi. The van der Waals surface area contributed by atoms with E-state index in [2.05, 4.69) is 93.5 Å². The predicted molar refractivity (Wildman–Crippen MR) is 117 cm³/mol. The van der Waals surface area contributed by atoms with Crippen LogP contribution < -0.4 is 24.8 Å². The van der Waals surface area contributed by atoms with Crippen LogP contribution in [0.15, 0.2) is 34.4 Å². The maximum absolute atomic E-state index is 3.30. The van der Waals surface area contributed by atoms with E-state index in [4.69, 9.17) is 0 Å². The molecule has 4 heteroatoms. The second kappa shape index (κ2) is 17.3. The van der Waals surface area contributed by atoms with E-state index in [1.54, 1.807) is 0 Å². The Kier molecular flexibility index (Phi) is 22.3. The predicted octanol–water partition coefficient (Wildman–Crippen LogP) is 1.53. The molecule has 2 aliphatic carbocycles. The molecule has 0 nitrogen and oxygen atoms in total. The van der Waals surface area contributed by atoms with Crippen molar-refractivity contribution in [3.05, 3.63) is 46.6 Å². The second-order valence-electron chi connectivity index (χ2n) is 9.02. The van der Waals surface area contributed by atoms with E-state index in [0.29, 0.717) is 10.8 Å². The van der Waals surface area contributed by atoms with Crippen molar-refractivity contribution in [3.8, 4) is 0 Å². The van der Waals surface area contributed by atoms with Crippen molar-refractivity contribution >= 4 is 9.52 Å².